The van der Waals surface area contributed by atoms with Crippen LogP contribution in [-0.4, -0.2) is 35.4 Å². The van der Waals surface area contributed by atoms with Crippen LogP contribution in [-0.2, 0) is 0 Å². The highest BCUT2D eigenvalue weighted by Gasteiger charge is 2.17. The van der Waals surface area contributed by atoms with Gasteiger partial charge in [-0.3, -0.25) is 5.14 Å². The zero-order chi connectivity index (χ0) is 22.9. The number of rotatable bonds is 7. The van der Waals surface area contributed by atoms with E-state index in [2.05, 4.69) is 47.0 Å². The summed E-state index contributed by atoms with van der Waals surface area (Å²) in [6, 6.07) is 2.23. The molecule has 2 aliphatic rings. The largest absolute Gasteiger partial charge is 0.368 e. The van der Waals surface area contributed by atoms with Gasteiger partial charge in [0.2, 0.25) is 0 Å². The highest BCUT2D eigenvalue weighted by Crippen LogP contribution is 2.26. The molecular formula is C26H40N4S. The van der Waals surface area contributed by atoms with Crippen LogP contribution in [0.1, 0.15) is 59.3 Å². The van der Waals surface area contributed by atoms with Gasteiger partial charge in [0, 0.05) is 56.0 Å². The molecule has 170 valence electrons. The molecular weight excluding hydrogens is 400 g/mol. The van der Waals surface area contributed by atoms with Gasteiger partial charge in [-0.1, -0.05) is 61.1 Å². The molecule has 2 fully saturated rings. The van der Waals surface area contributed by atoms with Gasteiger partial charge in [-0.05, 0) is 52.0 Å². The molecule has 2 N–H and O–H groups in total. The Kier molecular flexibility index (Phi) is 14.5. The van der Waals surface area contributed by atoms with Crippen molar-refractivity contribution in [1.29, 1.82) is 5.26 Å². The monoisotopic (exact) mass is 440 g/mol. The Labute approximate surface area is 194 Å². The third kappa shape index (κ3) is 11.3. The van der Waals surface area contributed by atoms with E-state index in [1.165, 1.54) is 55.6 Å². The first-order valence-corrected chi connectivity index (χ1v) is 12.1. The molecule has 0 bridgehead atoms. The fraction of sp³-hybridized carbons (Fsp3) is 0.500. The van der Waals surface area contributed by atoms with Crippen molar-refractivity contribution in [2.45, 2.75) is 59.3 Å². The summed E-state index contributed by atoms with van der Waals surface area (Å²) in [6.45, 7) is 14.7. The molecule has 0 spiro atoms. The molecule has 0 aromatic carbocycles. The van der Waals surface area contributed by atoms with Crippen LogP contribution in [0.4, 0.5) is 0 Å². The molecule has 0 saturated carbocycles. The summed E-state index contributed by atoms with van der Waals surface area (Å²) in [7, 11) is 0. The number of piperidine rings is 2. The first-order chi connectivity index (χ1) is 15.0. The van der Waals surface area contributed by atoms with Crippen molar-refractivity contribution in [3.05, 3.63) is 71.5 Å². The number of likely N-dealkylation sites (tertiary alicyclic amines) is 1. The van der Waals surface area contributed by atoms with Crippen LogP contribution in [0.2, 0.25) is 0 Å². The number of allylic oxidation sites excluding steroid dienone is 9. The first-order valence-electron chi connectivity index (χ1n) is 11.3. The number of nitrogens with zero attached hydrogens (tertiary/aromatic N) is 3. The van der Waals surface area contributed by atoms with Crippen molar-refractivity contribution in [3.63, 3.8) is 0 Å². The average molecular weight is 441 g/mol. The van der Waals surface area contributed by atoms with Crippen LogP contribution >= 0.6 is 12.1 Å². The minimum atomic E-state index is 0.704. The summed E-state index contributed by atoms with van der Waals surface area (Å²) in [5, 5.41) is 14.4. The average Bonchev–Trinajstić information content (AvgIpc) is 2.80. The molecule has 0 atom stereocenters. The Morgan fingerprint density at radius 3 is 2.45 bits per heavy atom. The quantitative estimate of drug-likeness (QED) is 0.280. The van der Waals surface area contributed by atoms with E-state index >= 15 is 0 Å². The van der Waals surface area contributed by atoms with Gasteiger partial charge in [-0.2, -0.15) is 5.26 Å². The van der Waals surface area contributed by atoms with E-state index in [0.29, 0.717) is 6.42 Å². The number of nitriles is 1. The van der Waals surface area contributed by atoms with Crippen molar-refractivity contribution in [2.24, 2.45) is 5.14 Å². The Morgan fingerprint density at radius 2 is 1.87 bits per heavy atom. The minimum Gasteiger partial charge on any atom is -0.368 e. The second-order valence-electron chi connectivity index (χ2n) is 7.85. The lowest BCUT2D eigenvalue weighted by atomic mass is 9.98. The van der Waals surface area contributed by atoms with Gasteiger partial charge in [-0.25, -0.2) is 4.31 Å². The van der Waals surface area contributed by atoms with E-state index in [-0.39, 0.29) is 0 Å². The molecule has 2 rings (SSSR count). The SMILES string of the molecule is C=C1/C(=C\C/C(C#N)=C\C)CCCN1C/C(C)=C/C=C\C=C/C.NSN1CCCCC1. The molecule has 2 saturated heterocycles. The maximum atomic E-state index is 9.01. The minimum absolute atomic E-state index is 0.704. The molecule has 31 heavy (non-hydrogen) atoms. The number of nitrogens with two attached hydrogens (primary N) is 1. The predicted octanol–water partition coefficient (Wildman–Crippen LogP) is 6.46. The van der Waals surface area contributed by atoms with Gasteiger partial charge in [0.05, 0.1) is 6.07 Å². The molecule has 0 aliphatic carbocycles. The first kappa shape index (κ1) is 27.0. The summed E-state index contributed by atoms with van der Waals surface area (Å²) >= 11 is 1.38. The maximum absolute atomic E-state index is 9.01. The van der Waals surface area contributed by atoms with Crippen molar-refractivity contribution in [3.8, 4) is 6.07 Å². The summed E-state index contributed by atoms with van der Waals surface area (Å²) in [4.78, 5) is 2.34. The van der Waals surface area contributed by atoms with E-state index < -0.39 is 0 Å². The lowest BCUT2D eigenvalue weighted by Gasteiger charge is -2.33. The Balaban J connectivity index is 0.000000500. The van der Waals surface area contributed by atoms with Gasteiger partial charge in [0.1, 0.15) is 0 Å². The molecule has 5 heteroatoms. The fourth-order valence-corrected chi connectivity index (χ4v) is 3.99. The summed E-state index contributed by atoms with van der Waals surface area (Å²) < 4.78 is 2.21. The standard InChI is InChI=1S/C21H28N2.C5H12N2S/c1-5-7-8-9-11-18(3)17-23-15-10-12-21(19(23)4)14-13-20(6-2)16-22;6-8-7-4-2-1-3-5-7/h5-9,11,14H,4,10,12-13,15,17H2,1-3H3;1-6H2/b7-5-,9-8-,18-11+,20-6+,21-14-;. The predicted molar refractivity (Wildman–Crippen MR) is 137 cm³/mol. The molecule has 0 unspecified atom stereocenters. The Hall–Kier alpha value is -2.00. The second-order valence-corrected chi connectivity index (χ2v) is 8.58. The van der Waals surface area contributed by atoms with Crippen LogP contribution in [0.5, 0.6) is 0 Å². The molecule has 0 radical (unpaired) electrons. The van der Waals surface area contributed by atoms with Crippen molar-refractivity contribution in [2.75, 3.05) is 26.2 Å². The van der Waals surface area contributed by atoms with Gasteiger partial charge in [0.25, 0.3) is 0 Å². The Bertz CT molecular complexity index is 731. The van der Waals surface area contributed by atoms with Gasteiger partial charge >= 0.3 is 0 Å². The number of hydrogen-bond donors (Lipinski definition) is 1. The van der Waals surface area contributed by atoms with Crippen LogP contribution in [0.15, 0.2) is 71.5 Å². The van der Waals surface area contributed by atoms with E-state index in [0.717, 1.165) is 37.2 Å². The van der Waals surface area contributed by atoms with E-state index in [1.807, 2.05) is 38.2 Å². The van der Waals surface area contributed by atoms with Gasteiger partial charge in [0.15, 0.2) is 0 Å². The molecule has 2 aliphatic heterocycles. The zero-order valence-corrected chi connectivity index (χ0v) is 20.5. The molecule has 0 aromatic heterocycles. The second kappa shape index (κ2) is 16.7. The molecule has 4 nitrogen and oxygen atoms in total. The lowest BCUT2D eigenvalue weighted by molar-refractivity contribution is 0.346. The van der Waals surface area contributed by atoms with Crippen molar-refractivity contribution < 1.29 is 0 Å². The molecule has 0 amide bonds. The summed E-state index contributed by atoms with van der Waals surface area (Å²) in [5.74, 6) is 0. The van der Waals surface area contributed by atoms with Crippen LogP contribution in [0.25, 0.3) is 0 Å². The fourth-order valence-electron chi connectivity index (χ4n) is 3.52. The third-order valence-electron chi connectivity index (χ3n) is 5.39. The smallest absolute Gasteiger partial charge is 0.0946 e. The maximum Gasteiger partial charge on any atom is 0.0946 e. The summed E-state index contributed by atoms with van der Waals surface area (Å²) in [6.07, 6.45) is 21.3. The molecule has 0 aromatic rings. The highest BCUT2D eigenvalue weighted by atomic mass is 32.2. The number of hydrogen-bond acceptors (Lipinski definition) is 5. The van der Waals surface area contributed by atoms with Crippen molar-refractivity contribution >= 4 is 12.1 Å². The lowest BCUT2D eigenvalue weighted by Crippen LogP contribution is -2.30. The van der Waals surface area contributed by atoms with Crippen LogP contribution < -0.4 is 5.14 Å². The van der Waals surface area contributed by atoms with Crippen LogP contribution in [0, 0.1) is 11.3 Å². The summed E-state index contributed by atoms with van der Waals surface area (Å²) in [5.41, 5.74) is 4.52. The van der Waals surface area contributed by atoms with E-state index in [1.54, 1.807) is 0 Å². The normalized spacial score (nSPS) is 20.3. The van der Waals surface area contributed by atoms with Gasteiger partial charge in [-0.15, -0.1) is 0 Å². The Morgan fingerprint density at radius 1 is 1.13 bits per heavy atom. The topological polar surface area (TPSA) is 56.3 Å². The van der Waals surface area contributed by atoms with Crippen molar-refractivity contribution in [1.82, 2.24) is 9.21 Å². The zero-order valence-electron chi connectivity index (χ0n) is 19.6. The van der Waals surface area contributed by atoms with Gasteiger partial charge < -0.3 is 4.90 Å². The van der Waals surface area contributed by atoms with E-state index in [9.17, 15) is 0 Å². The van der Waals surface area contributed by atoms with E-state index in [4.69, 9.17) is 10.4 Å². The van der Waals surface area contributed by atoms with Crippen LogP contribution in [0.3, 0.4) is 0 Å². The highest BCUT2D eigenvalue weighted by molar-refractivity contribution is 7.94. The molecule has 2 heterocycles. The third-order valence-corrected chi connectivity index (χ3v) is 6.05.